The molecule has 2 aliphatic rings. The van der Waals surface area contributed by atoms with E-state index in [4.69, 9.17) is 0 Å². The molecule has 4 nitrogen and oxygen atoms in total. The molecule has 2 fully saturated rings. The molecular weight excluding hydrogens is 238 g/mol. The molecular formula is C15H25N3O. The molecule has 1 saturated carbocycles. The van der Waals surface area contributed by atoms with E-state index in [0.29, 0.717) is 12.5 Å². The molecule has 1 N–H and O–H groups in total. The van der Waals surface area contributed by atoms with Crippen molar-refractivity contribution in [2.45, 2.75) is 39.5 Å². The SMILES string of the molecule is CC1CC(C#N)(C(=O)NCCN2CCC[C@@H](C)C2)C1. The normalized spacial score (nSPS) is 35.2. The number of piperidine rings is 1. The number of hydrogen-bond acceptors (Lipinski definition) is 3. The van der Waals surface area contributed by atoms with E-state index >= 15 is 0 Å². The van der Waals surface area contributed by atoms with E-state index in [1.54, 1.807) is 0 Å². The van der Waals surface area contributed by atoms with E-state index in [0.717, 1.165) is 38.4 Å². The van der Waals surface area contributed by atoms with Crippen LogP contribution in [-0.2, 0) is 4.79 Å². The molecule has 0 spiro atoms. The summed E-state index contributed by atoms with van der Waals surface area (Å²) in [6, 6.07) is 2.21. The summed E-state index contributed by atoms with van der Waals surface area (Å²) in [5.74, 6) is 1.22. The lowest BCUT2D eigenvalue weighted by atomic mass is 9.63. The number of hydrogen-bond donors (Lipinski definition) is 1. The summed E-state index contributed by atoms with van der Waals surface area (Å²) in [6.07, 6.45) is 4.01. The summed E-state index contributed by atoms with van der Waals surface area (Å²) in [6.45, 7) is 8.23. The van der Waals surface area contributed by atoms with E-state index in [9.17, 15) is 10.1 Å². The molecule has 4 heteroatoms. The standard InChI is InChI=1S/C15H25N3O/c1-12-4-3-6-18(10-12)7-5-17-14(19)15(11-16)8-13(2)9-15/h12-13H,3-10H2,1-2H3,(H,17,19)/t12-,13?,15?/m1/s1. The Labute approximate surface area is 116 Å². The van der Waals surface area contributed by atoms with Crippen molar-refractivity contribution in [1.29, 1.82) is 5.26 Å². The van der Waals surface area contributed by atoms with Crippen LogP contribution in [0.5, 0.6) is 0 Å². The minimum absolute atomic E-state index is 0.0573. The maximum Gasteiger partial charge on any atom is 0.240 e. The van der Waals surface area contributed by atoms with Gasteiger partial charge in [-0.3, -0.25) is 4.79 Å². The molecule has 1 amide bonds. The van der Waals surface area contributed by atoms with Crippen LogP contribution in [0.4, 0.5) is 0 Å². The lowest BCUT2D eigenvalue weighted by Gasteiger charge is -2.39. The van der Waals surface area contributed by atoms with Gasteiger partial charge < -0.3 is 10.2 Å². The van der Waals surface area contributed by atoms with Gasteiger partial charge in [0.1, 0.15) is 5.41 Å². The van der Waals surface area contributed by atoms with Crippen LogP contribution in [0, 0.1) is 28.6 Å². The Bertz CT molecular complexity index is 368. The number of nitrogens with zero attached hydrogens (tertiary/aromatic N) is 2. The van der Waals surface area contributed by atoms with Crippen molar-refractivity contribution < 1.29 is 4.79 Å². The van der Waals surface area contributed by atoms with E-state index in [1.165, 1.54) is 12.8 Å². The highest BCUT2D eigenvalue weighted by Gasteiger charge is 2.48. The molecule has 0 aromatic heterocycles. The highest BCUT2D eigenvalue weighted by Crippen LogP contribution is 2.44. The fraction of sp³-hybridized carbons (Fsp3) is 0.867. The van der Waals surface area contributed by atoms with Crippen LogP contribution in [0.25, 0.3) is 0 Å². The maximum atomic E-state index is 12.1. The minimum atomic E-state index is -0.728. The van der Waals surface area contributed by atoms with E-state index < -0.39 is 5.41 Å². The van der Waals surface area contributed by atoms with Gasteiger partial charge in [-0.2, -0.15) is 5.26 Å². The van der Waals surface area contributed by atoms with E-state index in [-0.39, 0.29) is 5.91 Å². The zero-order chi connectivity index (χ0) is 13.9. The molecule has 1 heterocycles. The van der Waals surface area contributed by atoms with Crippen molar-refractivity contribution in [3.8, 4) is 6.07 Å². The highest BCUT2D eigenvalue weighted by atomic mass is 16.2. The van der Waals surface area contributed by atoms with Gasteiger partial charge in [0.15, 0.2) is 0 Å². The Balaban J connectivity index is 1.71. The number of nitriles is 1. The number of likely N-dealkylation sites (tertiary alicyclic amines) is 1. The number of carbonyl (C=O) groups excluding carboxylic acids is 1. The van der Waals surface area contributed by atoms with Gasteiger partial charge in [-0.25, -0.2) is 0 Å². The predicted molar refractivity (Wildman–Crippen MR) is 74.3 cm³/mol. The smallest absolute Gasteiger partial charge is 0.240 e. The molecule has 1 aliphatic carbocycles. The third kappa shape index (κ3) is 3.27. The molecule has 0 unspecified atom stereocenters. The average Bonchev–Trinajstić information content (AvgIpc) is 2.34. The molecule has 2 rings (SSSR count). The van der Waals surface area contributed by atoms with Crippen molar-refractivity contribution >= 4 is 5.91 Å². The largest absolute Gasteiger partial charge is 0.353 e. The Hall–Kier alpha value is -1.08. The van der Waals surface area contributed by atoms with Gasteiger partial charge in [0, 0.05) is 19.6 Å². The third-order valence-electron chi connectivity index (χ3n) is 4.50. The summed E-state index contributed by atoms with van der Waals surface area (Å²) < 4.78 is 0. The average molecular weight is 263 g/mol. The second kappa shape index (κ2) is 5.92. The van der Waals surface area contributed by atoms with Crippen LogP contribution in [0.3, 0.4) is 0 Å². The van der Waals surface area contributed by atoms with Gasteiger partial charge in [0.05, 0.1) is 6.07 Å². The van der Waals surface area contributed by atoms with Crippen LogP contribution in [0.1, 0.15) is 39.5 Å². The summed E-state index contributed by atoms with van der Waals surface area (Å²) in [5.41, 5.74) is -0.728. The number of nitrogens with one attached hydrogen (secondary N) is 1. The van der Waals surface area contributed by atoms with Crippen LogP contribution >= 0.6 is 0 Å². The van der Waals surface area contributed by atoms with E-state index in [2.05, 4.69) is 30.1 Å². The van der Waals surface area contributed by atoms with Crippen molar-refractivity contribution in [1.82, 2.24) is 10.2 Å². The first kappa shape index (κ1) is 14.3. The number of carbonyl (C=O) groups is 1. The van der Waals surface area contributed by atoms with E-state index in [1.807, 2.05) is 0 Å². The maximum absolute atomic E-state index is 12.1. The predicted octanol–water partition coefficient (Wildman–Crippen LogP) is 1.77. The van der Waals surface area contributed by atoms with Crippen molar-refractivity contribution in [3.05, 3.63) is 0 Å². The lowest BCUT2D eigenvalue weighted by molar-refractivity contribution is -0.134. The summed E-state index contributed by atoms with van der Waals surface area (Å²) in [7, 11) is 0. The first-order valence-electron chi connectivity index (χ1n) is 7.47. The quantitative estimate of drug-likeness (QED) is 0.841. The van der Waals surface area contributed by atoms with Gasteiger partial charge in [-0.05, 0) is 44.1 Å². The molecule has 0 aromatic rings. The second-order valence-electron chi connectivity index (χ2n) is 6.51. The zero-order valence-electron chi connectivity index (χ0n) is 12.1. The molecule has 0 aromatic carbocycles. The summed E-state index contributed by atoms with van der Waals surface area (Å²) in [4.78, 5) is 14.5. The fourth-order valence-corrected chi connectivity index (χ4v) is 3.44. The van der Waals surface area contributed by atoms with Crippen LogP contribution < -0.4 is 5.32 Å². The number of amides is 1. The topological polar surface area (TPSA) is 56.1 Å². The molecule has 1 atom stereocenters. The first-order valence-corrected chi connectivity index (χ1v) is 7.47. The molecule has 0 bridgehead atoms. The minimum Gasteiger partial charge on any atom is -0.353 e. The molecule has 0 radical (unpaired) electrons. The van der Waals surface area contributed by atoms with Gasteiger partial charge >= 0.3 is 0 Å². The van der Waals surface area contributed by atoms with Crippen LogP contribution in [0.15, 0.2) is 0 Å². The van der Waals surface area contributed by atoms with Gasteiger partial charge in [0.25, 0.3) is 0 Å². The Morgan fingerprint density at radius 3 is 2.74 bits per heavy atom. The van der Waals surface area contributed by atoms with Crippen molar-refractivity contribution in [2.24, 2.45) is 17.3 Å². The van der Waals surface area contributed by atoms with Crippen LogP contribution in [-0.4, -0.2) is 37.0 Å². The van der Waals surface area contributed by atoms with Crippen LogP contribution in [0.2, 0.25) is 0 Å². The van der Waals surface area contributed by atoms with Crippen molar-refractivity contribution in [2.75, 3.05) is 26.2 Å². The van der Waals surface area contributed by atoms with Gasteiger partial charge in [-0.1, -0.05) is 13.8 Å². The van der Waals surface area contributed by atoms with Gasteiger partial charge in [-0.15, -0.1) is 0 Å². The third-order valence-corrected chi connectivity index (χ3v) is 4.50. The highest BCUT2D eigenvalue weighted by molar-refractivity contribution is 5.86. The number of rotatable bonds is 4. The lowest BCUT2D eigenvalue weighted by Crippen LogP contribution is -2.50. The second-order valence-corrected chi connectivity index (χ2v) is 6.51. The molecule has 19 heavy (non-hydrogen) atoms. The van der Waals surface area contributed by atoms with Crippen molar-refractivity contribution in [3.63, 3.8) is 0 Å². The summed E-state index contributed by atoms with van der Waals surface area (Å²) >= 11 is 0. The Kier molecular flexibility index (Phi) is 4.46. The van der Waals surface area contributed by atoms with Gasteiger partial charge in [0.2, 0.25) is 5.91 Å². The zero-order valence-corrected chi connectivity index (χ0v) is 12.1. The molecule has 1 aliphatic heterocycles. The molecule has 1 saturated heterocycles. The molecule has 106 valence electrons. The summed E-state index contributed by atoms with van der Waals surface area (Å²) in [5, 5.41) is 12.1. The Morgan fingerprint density at radius 2 is 2.16 bits per heavy atom. The fourth-order valence-electron chi connectivity index (χ4n) is 3.44. The Morgan fingerprint density at radius 1 is 1.42 bits per heavy atom. The monoisotopic (exact) mass is 263 g/mol. The first-order chi connectivity index (χ1) is 9.05.